The van der Waals surface area contributed by atoms with Crippen LogP contribution < -0.4 is 59.7 Å². The summed E-state index contributed by atoms with van der Waals surface area (Å²) in [5, 5.41) is 59.1. The van der Waals surface area contributed by atoms with Crippen LogP contribution in [0.2, 0.25) is 0 Å². The number of hydrogen-bond donors (Lipinski definition) is 17. The van der Waals surface area contributed by atoms with E-state index in [1.165, 1.54) is 0 Å². The summed E-state index contributed by atoms with van der Waals surface area (Å²) in [6.07, 6.45) is -1.47. The minimum Gasteiger partial charge on any atom is -0.480 e. The number of carbonyl (C=O) groups excluding carboxylic acids is 8. The molecule has 0 heterocycles. The number of aliphatic imine (C=N–C) groups is 1. The second-order valence-corrected chi connectivity index (χ2v) is 17.4. The minimum absolute atomic E-state index is 0.0167. The van der Waals surface area contributed by atoms with E-state index < -0.39 is 133 Å². The van der Waals surface area contributed by atoms with E-state index in [4.69, 9.17) is 17.2 Å². The number of nitrogens with one attached hydrogen (secondary N) is 8. The first-order valence-electron chi connectivity index (χ1n) is 21.3. The molecule has 0 unspecified atom stereocenters. The lowest BCUT2D eigenvalue weighted by Crippen LogP contribution is -2.63. The summed E-state index contributed by atoms with van der Waals surface area (Å²) in [7, 11) is 0. The number of nitrogens with two attached hydrogens (primary N) is 3. The molecular formula is C39H72N12O13S2. The number of nitrogens with zero attached hydrogens (tertiary/aromatic N) is 1. The van der Waals surface area contributed by atoms with Crippen LogP contribution in [0.4, 0.5) is 0 Å². The van der Waals surface area contributed by atoms with E-state index in [0.717, 1.165) is 6.92 Å². The highest BCUT2D eigenvalue weighted by atomic mass is 32.1. The number of amides is 8. The molecule has 0 saturated heterocycles. The van der Waals surface area contributed by atoms with Crippen LogP contribution in [0, 0.1) is 17.8 Å². The monoisotopic (exact) mass is 980 g/mol. The van der Waals surface area contributed by atoms with Gasteiger partial charge in [0.05, 0.1) is 25.4 Å². The topological polar surface area (TPSA) is 421 Å². The Hall–Kier alpha value is -4.96. The molecule has 0 aliphatic carbocycles. The van der Waals surface area contributed by atoms with E-state index in [1.54, 1.807) is 41.5 Å². The smallest absolute Gasteiger partial charge is 0.327 e. The van der Waals surface area contributed by atoms with Gasteiger partial charge in [-0.3, -0.25) is 43.3 Å². The van der Waals surface area contributed by atoms with Crippen molar-refractivity contribution in [1.29, 1.82) is 0 Å². The fourth-order valence-electron chi connectivity index (χ4n) is 5.90. The van der Waals surface area contributed by atoms with Gasteiger partial charge in [-0.2, -0.15) is 25.3 Å². The maximum Gasteiger partial charge on any atom is 0.327 e. The van der Waals surface area contributed by atoms with Gasteiger partial charge in [0.15, 0.2) is 5.96 Å². The number of thiol groups is 2. The van der Waals surface area contributed by atoms with Crippen molar-refractivity contribution in [2.24, 2.45) is 39.9 Å². The zero-order valence-electron chi connectivity index (χ0n) is 38.4. The molecule has 25 nitrogen and oxygen atoms in total. The van der Waals surface area contributed by atoms with Gasteiger partial charge in [0.2, 0.25) is 47.3 Å². The van der Waals surface area contributed by atoms with Gasteiger partial charge in [-0.25, -0.2) is 4.79 Å². The van der Waals surface area contributed by atoms with Crippen LogP contribution >= 0.6 is 25.3 Å². The Morgan fingerprint density at radius 1 is 0.530 bits per heavy atom. The molecule has 0 aromatic carbocycles. The normalized spacial score (nSPS) is 15.8. The van der Waals surface area contributed by atoms with E-state index in [-0.39, 0.29) is 61.5 Å². The van der Waals surface area contributed by atoms with Crippen LogP contribution in [-0.2, 0) is 43.2 Å². The number of aliphatic hydroxyl groups is 3. The van der Waals surface area contributed by atoms with Crippen LogP contribution in [0.5, 0.6) is 0 Å². The van der Waals surface area contributed by atoms with Gasteiger partial charge in [-0.05, 0) is 50.4 Å². The third-order valence-electron chi connectivity index (χ3n) is 9.53. The Balaban J connectivity index is 6.28. The van der Waals surface area contributed by atoms with Gasteiger partial charge in [0, 0.05) is 18.1 Å². The maximum absolute atomic E-state index is 13.9. The van der Waals surface area contributed by atoms with Crippen LogP contribution in [0.1, 0.15) is 74.1 Å². The Labute approximate surface area is 395 Å². The molecule has 10 atom stereocenters. The van der Waals surface area contributed by atoms with Gasteiger partial charge < -0.3 is 80.2 Å². The molecule has 0 spiro atoms. The average Bonchev–Trinajstić information content (AvgIpc) is 3.23. The fourth-order valence-corrected chi connectivity index (χ4v) is 6.31. The molecule has 0 radical (unpaired) electrons. The third-order valence-corrected chi connectivity index (χ3v) is 10.3. The fraction of sp³-hybridized carbons (Fsp3) is 0.744. The molecule has 0 aromatic rings. The zero-order chi connectivity index (χ0) is 51.0. The minimum atomic E-state index is -1.80. The first-order valence-corrected chi connectivity index (χ1v) is 22.6. The molecule has 0 bridgehead atoms. The van der Waals surface area contributed by atoms with Crippen molar-refractivity contribution in [3.63, 3.8) is 0 Å². The summed E-state index contributed by atoms with van der Waals surface area (Å²) >= 11 is 7.92. The second-order valence-electron chi connectivity index (χ2n) is 16.7. The predicted octanol–water partition coefficient (Wildman–Crippen LogP) is -5.70. The molecule has 18 N–H and O–H groups in total. The Bertz CT molecular complexity index is 1670. The largest absolute Gasteiger partial charge is 0.480 e. The molecule has 66 heavy (non-hydrogen) atoms. The van der Waals surface area contributed by atoms with Crippen LogP contribution in [-0.4, -0.2) is 171 Å². The number of rotatable bonds is 31. The summed E-state index contributed by atoms with van der Waals surface area (Å²) in [6, 6.07) is -12.9. The molecule has 27 heteroatoms. The van der Waals surface area contributed by atoms with E-state index in [2.05, 4.69) is 72.8 Å². The summed E-state index contributed by atoms with van der Waals surface area (Å²) in [5.41, 5.74) is 16.4. The molecule has 0 aromatic heterocycles. The standard InChI is InChI=1S/C39H72N12O13S2/c1-17(2)11-23(32(57)44-22(9-8-10-43-39(41)42)31(56)49-27(16-66)38(63)64)45-33(58)24(12-18(3)4)46-37(62)29(20(7)54)51-35(60)26(14-53)47-34(59)25(13-52)48-36(61)28(19(5)6)50-30(55)21(40)15-65/h17-29,52-54,65-66H,8-16,40H2,1-7H3,(H,44,57)(H,45,58)(H,46,62)(H,47,59)(H,48,61)(H,49,56)(H,50,55)(H,51,60)(H,63,64)(H4,41,42,43)/t20-,21+,22+,23+,24+,25+,26+,27+,28+,29+/m1/s1. The lowest BCUT2D eigenvalue weighted by molar-refractivity contribution is -0.141. The van der Waals surface area contributed by atoms with Gasteiger partial charge in [0.25, 0.3) is 0 Å². The molecule has 378 valence electrons. The Morgan fingerprint density at radius 2 is 0.909 bits per heavy atom. The van der Waals surface area contributed by atoms with Crippen LogP contribution in [0.25, 0.3) is 0 Å². The van der Waals surface area contributed by atoms with Crippen molar-refractivity contribution in [3.05, 3.63) is 0 Å². The number of aliphatic carboxylic acids is 1. The Morgan fingerprint density at radius 3 is 1.32 bits per heavy atom. The highest BCUT2D eigenvalue weighted by Crippen LogP contribution is 2.12. The number of carboxylic acids is 1. The van der Waals surface area contributed by atoms with Crippen molar-refractivity contribution >= 4 is 84.4 Å². The van der Waals surface area contributed by atoms with Gasteiger partial charge >= 0.3 is 5.97 Å². The van der Waals surface area contributed by atoms with Crippen molar-refractivity contribution in [2.75, 3.05) is 31.3 Å². The number of carbonyl (C=O) groups is 9. The number of carboxylic acid groups (broad SMARTS) is 1. The predicted molar refractivity (Wildman–Crippen MR) is 248 cm³/mol. The SMILES string of the molecule is CC(C)C[C@H](NC(=O)[C@H](CC(C)C)NC(=O)[C@@H](NC(=O)[C@H](CO)NC(=O)[C@H](CO)NC(=O)[C@@H](NC(=O)[C@@H](N)CS)C(C)C)[C@@H](C)O)C(=O)N[C@@H](CCCN=C(N)N)C(=O)N[C@@H](CS)C(=O)O. The summed E-state index contributed by atoms with van der Waals surface area (Å²) in [6.45, 7) is 9.34. The molecular weight excluding hydrogens is 909 g/mol. The van der Waals surface area contributed by atoms with Gasteiger partial charge in [-0.1, -0.05) is 41.5 Å². The molecule has 0 aliphatic rings. The summed E-state index contributed by atoms with van der Waals surface area (Å²) < 4.78 is 0. The molecule has 0 saturated carbocycles. The van der Waals surface area contributed by atoms with Crippen LogP contribution in [0.15, 0.2) is 4.99 Å². The van der Waals surface area contributed by atoms with E-state index in [9.17, 15) is 63.6 Å². The van der Waals surface area contributed by atoms with Crippen molar-refractivity contribution in [2.45, 2.75) is 135 Å². The maximum atomic E-state index is 13.9. The first-order chi connectivity index (χ1) is 30.7. The van der Waals surface area contributed by atoms with Crippen LogP contribution in [0.3, 0.4) is 0 Å². The second kappa shape index (κ2) is 31.1. The van der Waals surface area contributed by atoms with Crippen molar-refractivity contribution in [3.8, 4) is 0 Å². The van der Waals surface area contributed by atoms with Gasteiger partial charge in [-0.15, -0.1) is 0 Å². The summed E-state index contributed by atoms with van der Waals surface area (Å²) in [4.78, 5) is 122. The number of hydrogen-bond acceptors (Lipinski definition) is 16. The quantitative estimate of drug-likeness (QED) is 0.0133. The lowest BCUT2D eigenvalue weighted by atomic mass is 9.99. The third kappa shape index (κ3) is 22.5. The highest BCUT2D eigenvalue weighted by molar-refractivity contribution is 7.80. The van der Waals surface area contributed by atoms with E-state index in [1.807, 2.05) is 0 Å². The highest BCUT2D eigenvalue weighted by Gasteiger charge is 2.36. The lowest BCUT2D eigenvalue weighted by Gasteiger charge is -2.29. The Kier molecular flexibility index (Phi) is 28.8. The number of aliphatic hydroxyl groups excluding tert-OH is 3. The molecule has 8 amide bonds. The number of guanidine groups is 1. The van der Waals surface area contributed by atoms with Crippen molar-refractivity contribution in [1.82, 2.24) is 42.5 Å². The van der Waals surface area contributed by atoms with Crippen molar-refractivity contribution < 1.29 is 63.6 Å². The first kappa shape index (κ1) is 61.0. The van der Waals surface area contributed by atoms with E-state index in [0.29, 0.717) is 0 Å². The van der Waals surface area contributed by atoms with Gasteiger partial charge in [0.1, 0.15) is 48.3 Å². The molecule has 0 aliphatic heterocycles. The average molecular weight is 981 g/mol. The molecule has 0 rings (SSSR count). The summed E-state index contributed by atoms with van der Waals surface area (Å²) in [5.74, 6) is -10.4. The van der Waals surface area contributed by atoms with E-state index >= 15 is 0 Å². The zero-order valence-corrected chi connectivity index (χ0v) is 40.2. The molecule has 0 fully saturated rings.